The number of carbonyl (C=O) groups excluding carboxylic acids is 1. The number of fused-ring (bicyclic) bond motifs is 6. The van der Waals surface area contributed by atoms with Gasteiger partial charge in [-0.05, 0) is 43.9 Å². The molecule has 0 spiro atoms. The van der Waals surface area contributed by atoms with Crippen molar-refractivity contribution in [2.24, 2.45) is 23.7 Å². The van der Waals surface area contributed by atoms with Crippen molar-refractivity contribution in [3.8, 4) is 0 Å². The Labute approximate surface area is 79.9 Å². The van der Waals surface area contributed by atoms with Gasteiger partial charge in [-0.1, -0.05) is 12.8 Å². The van der Waals surface area contributed by atoms with E-state index in [4.69, 9.17) is 0 Å². The average Bonchev–Trinajstić information content (AvgIpc) is 2.51. The summed E-state index contributed by atoms with van der Waals surface area (Å²) < 4.78 is 0. The molecule has 4 atom stereocenters. The van der Waals surface area contributed by atoms with E-state index in [1.54, 1.807) is 0 Å². The van der Waals surface area contributed by atoms with Crippen LogP contribution in [0.5, 0.6) is 0 Å². The smallest absolute Gasteiger partial charge is 0.139 e. The molecule has 3 rings (SSSR count). The Kier molecular flexibility index (Phi) is 1.75. The average molecular weight is 178 g/mol. The van der Waals surface area contributed by atoms with Gasteiger partial charge in [-0.3, -0.25) is 4.79 Å². The van der Waals surface area contributed by atoms with Crippen molar-refractivity contribution in [2.45, 2.75) is 44.9 Å². The van der Waals surface area contributed by atoms with Gasteiger partial charge in [0.05, 0.1) is 0 Å². The third kappa shape index (κ3) is 1.09. The van der Waals surface area contributed by atoms with Gasteiger partial charge in [0.15, 0.2) is 0 Å². The molecule has 13 heavy (non-hydrogen) atoms. The van der Waals surface area contributed by atoms with Gasteiger partial charge < -0.3 is 0 Å². The van der Waals surface area contributed by atoms with Crippen LogP contribution in [0.15, 0.2) is 0 Å². The molecule has 0 aromatic carbocycles. The first-order chi connectivity index (χ1) is 6.36. The van der Waals surface area contributed by atoms with Crippen molar-refractivity contribution in [3.05, 3.63) is 0 Å². The minimum absolute atomic E-state index is 0.492. The van der Waals surface area contributed by atoms with Gasteiger partial charge in [0, 0.05) is 11.8 Å². The minimum Gasteiger partial charge on any atom is -0.299 e. The van der Waals surface area contributed by atoms with Crippen molar-refractivity contribution in [3.63, 3.8) is 0 Å². The van der Waals surface area contributed by atoms with E-state index in [0.717, 1.165) is 11.8 Å². The maximum absolute atomic E-state index is 12.1. The highest BCUT2D eigenvalue weighted by atomic mass is 16.1. The van der Waals surface area contributed by atoms with Crippen LogP contribution in [0.1, 0.15) is 44.9 Å². The van der Waals surface area contributed by atoms with Crippen LogP contribution >= 0.6 is 0 Å². The molecule has 1 heteroatoms. The van der Waals surface area contributed by atoms with Gasteiger partial charge in [0.25, 0.3) is 0 Å². The van der Waals surface area contributed by atoms with Crippen LogP contribution in [0.2, 0.25) is 0 Å². The van der Waals surface area contributed by atoms with E-state index in [1.807, 2.05) is 0 Å². The number of carbonyl (C=O) groups is 1. The molecule has 0 amide bonds. The highest BCUT2D eigenvalue weighted by Gasteiger charge is 2.47. The number of hydrogen-bond donors (Lipinski definition) is 0. The van der Waals surface area contributed by atoms with Crippen molar-refractivity contribution in [2.75, 3.05) is 0 Å². The third-order valence-electron chi connectivity index (χ3n) is 4.66. The molecule has 0 saturated heterocycles. The Balaban J connectivity index is 1.95. The Bertz CT molecular complexity index is 211. The van der Waals surface area contributed by atoms with E-state index in [9.17, 15) is 4.79 Å². The van der Waals surface area contributed by atoms with Crippen LogP contribution in [-0.2, 0) is 4.79 Å². The SMILES string of the molecule is O=C1[C@H]2CCCC[C@H]1[C@@H]1CC[C@@H]2C1. The summed E-state index contributed by atoms with van der Waals surface area (Å²) in [4.78, 5) is 12.1. The molecular formula is C12H18O. The minimum atomic E-state index is 0.492. The maximum Gasteiger partial charge on any atom is 0.139 e. The van der Waals surface area contributed by atoms with Gasteiger partial charge in [0.2, 0.25) is 0 Å². The molecule has 4 bridgehead atoms. The zero-order valence-electron chi connectivity index (χ0n) is 8.17. The molecule has 1 nitrogen and oxygen atoms in total. The Morgan fingerprint density at radius 1 is 0.846 bits per heavy atom. The molecule has 0 aliphatic heterocycles. The molecule has 72 valence electrons. The van der Waals surface area contributed by atoms with Crippen LogP contribution in [0.3, 0.4) is 0 Å². The van der Waals surface area contributed by atoms with Crippen LogP contribution in [0.25, 0.3) is 0 Å². The molecule has 3 saturated carbocycles. The molecular weight excluding hydrogens is 160 g/mol. The van der Waals surface area contributed by atoms with Gasteiger partial charge in [0.1, 0.15) is 5.78 Å². The lowest BCUT2D eigenvalue weighted by Crippen LogP contribution is -2.34. The predicted octanol–water partition coefficient (Wildman–Crippen LogP) is 2.79. The van der Waals surface area contributed by atoms with E-state index in [1.165, 1.54) is 44.9 Å². The Morgan fingerprint density at radius 2 is 1.38 bits per heavy atom. The Morgan fingerprint density at radius 3 is 1.92 bits per heavy atom. The lowest BCUT2D eigenvalue weighted by molar-refractivity contribution is -0.131. The zero-order chi connectivity index (χ0) is 8.84. The summed E-state index contributed by atoms with van der Waals surface area (Å²) in [5.41, 5.74) is 0. The molecule has 3 aliphatic rings. The summed E-state index contributed by atoms with van der Waals surface area (Å²) in [5, 5.41) is 0. The first-order valence-corrected chi connectivity index (χ1v) is 5.90. The van der Waals surface area contributed by atoms with Crippen molar-refractivity contribution >= 4 is 5.78 Å². The molecule has 0 N–H and O–H groups in total. The quantitative estimate of drug-likeness (QED) is 0.557. The van der Waals surface area contributed by atoms with E-state index in [0.29, 0.717) is 17.6 Å². The molecule has 0 aromatic heterocycles. The summed E-state index contributed by atoms with van der Waals surface area (Å²) in [5.74, 6) is 3.24. The van der Waals surface area contributed by atoms with Crippen molar-refractivity contribution in [1.29, 1.82) is 0 Å². The largest absolute Gasteiger partial charge is 0.299 e. The lowest BCUT2D eigenvalue weighted by atomic mass is 9.72. The standard InChI is InChI=1S/C12H18O/c13-12-10-3-1-2-4-11(12)9-6-5-8(10)7-9/h8-11H,1-7H2/t8-,9-,10+,11+/m1/s1. The lowest BCUT2D eigenvalue weighted by Gasteiger charge is -2.31. The number of rotatable bonds is 0. The van der Waals surface area contributed by atoms with E-state index >= 15 is 0 Å². The zero-order valence-corrected chi connectivity index (χ0v) is 8.17. The fourth-order valence-corrected chi connectivity index (χ4v) is 4.01. The van der Waals surface area contributed by atoms with E-state index in [-0.39, 0.29) is 0 Å². The molecule has 0 unspecified atom stereocenters. The van der Waals surface area contributed by atoms with Crippen molar-refractivity contribution in [1.82, 2.24) is 0 Å². The summed E-state index contributed by atoms with van der Waals surface area (Å²) in [6.45, 7) is 0. The topological polar surface area (TPSA) is 17.1 Å². The number of Topliss-reactive ketones (excluding diaryl/α,β-unsaturated/α-hetero) is 1. The van der Waals surface area contributed by atoms with Gasteiger partial charge in [-0.2, -0.15) is 0 Å². The molecule has 0 aromatic rings. The normalized spacial score (nSPS) is 49.1. The van der Waals surface area contributed by atoms with Crippen LogP contribution in [-0.4, -0.2) is 5.78 Å². The van der Waals surface area contributed by atoms with Gasteiger partial charge in [-0.25, -0.2) is 0 Å². The Hall–Kier alpha value is -0.330. The first-order valence-electron chi connectivity index (χ1n) is 5.90. The molecule has 0 heterocycles. The fraction of sp³-hybridized carbons (Fsp3) is 0.917. The highest BCUT2D eigenvalue weighted by Crippen LogP contribution is 2.50. The second-order valence-electron chi connectivity index (χ2n) is 5.23. The van der Waals surface area contributed by atoms with Crippen molar-refractivity contribution < 1.29 is 4.79 Å². The summed E-state index contributed by atoms with van der Waals surface area (Å²) in [6, 6.07) is 0. The first kappa shape index (κ1) is 8.02. The van der Waals surface area contributed by atoms with E-state index < -0.39 is 0 Å². The van der Waals surface area contributed by atoms with Crippen LogP contribution in [0, 0.1) is 23.7 Å². The van der Waals surface area contributed by atoms with E-state index in [2.05, 4.69) is 0 Å². The van der Waals surface area contributed by atoms with Crippen LogP contribution < -0.4 is 0 Å². The number of ketones is 1. The summed E-state index contributed by atoms with van der Waals surface area (Å²) in [7, 11) is 0. The highest BCUT2D eigenvalue weighted by molar-refractivity contribution is 5.85. The monoisotopic (exact) mass is 178 g/mol. The third-order valence-corrected chi connectivity index (χ3v) is 4.66. The molecule has 0 radical (unpaired) electrons. The fourth-order valence-electron chi connectivity index (χ4n) is 4.01. The molecule has 3 aliphatic carbocycles. The second kappa shape index (κ2) is 2.83. The van der Waals surface area contributed by atoms with Crippen LogP contribution in [0.4, 0.5) is 0 Å². The summed E-state index contributed by atoms with van der Waals surface area (Å²) >= 11 is 0. The maximum atomic E-state index is 12.1. The van der Waals surface area contributed by atoms with Gasteiger partial charge in [-0.15, -0.1) is 0 Å². The second-order valence-corrected chi connectivity index (χ2v) is 5.23. The number of hydrogen-bond acceptors (Lipinski definition) is 1. The summed E-state index contributed by atoms with van der Waals surface area (Å²) in [6.07, 6.45) is 9.17. The van der Waals surface area contributed by atoms with Gasteiger partial charge >= 0.3 is 0 Å². The predicted molar refractivity (Wildman–Crippen MR) is 51.3 cm³/mol. The molecule has 3 fully saturated rings.